The molecule has 0 aromatic heterocycles. The number of methoxy groups -OCH3 is 1. The molecule has 0 saturated carbocycles. The van der Waals surface area contributed by atoms with E-state index in [-0.39, 0.29) is 28.3 Å². The topological polar surface area (TPSA) is 95.5 Å². The van der Waals surface area contributed by atoms with E-state index in [0.717, 1.165) is 12.1 Å². The van der Waals surface area contributed by atoms with E-state index in [9.17, 15) is 19.3 Å². The fourth-order valence-corrected chi connectivity index (χ4v) is 1.84. The third-order valence-corrected chi connectivity index (χ3v) is 2.90. The molecule has 2 aromatic carbocycles. The van der Waals surface area contributed by atoms with Crippen molar-refractivity contribution in [2.75, 3.05) is 12.8 Å². The number of carbonyl (C=O) groups excluding carboxylic acids is 1. The van der Waals surface area contributed by atoms with Gasteiger partial charge in [-0.2, -0.15) is 0 Å². The lowest BCUT2D eigenvalue weighted by atomic mass is 10.0. The lowest BCUT2D eigenvalue weighted by Gasteiger charge is -2.05. The van der Waals surface area contributed by atoms with Crippen molar-refractivity contribution < 1.29 is 18.8 Å². The van der Waals surface area contributed by atoms with Crippen molar-refractivity contribution in [2.45, 2.75) is 0 Å². The fraction of sp³-hybridized carbons (Fsp3) is 0.0714. The number of carbonyl (C=O) groups is 1. The number of benzene rings is 2. The molecule has 108 valence electrons. The Kier molecular flexibility index (Phi) is 3.84. The highest BCUT2D eigenvalue weighted by Crippen LogP contribution is 2.25. The van der Waals surface area contributed by atoms with E-state index in [1.54, 1.807) is 0 Å². The Balaban J connectivity index is 2.38. The van der Waals surface area contributed by atoms with Crippen LogP contribution < -0.4 is 10.5 Å². The van der Waals surface area contributed by atoms with Crippen LogP contribution >= 0.6 is 0 Å². The normalized spacial score (nSPS) is 10.2. The van der Waals surface area contributed by atoms with Crippen molar-refractivity contribution in [3.63, 3.8) is 0 Å². The van der Waals surface area contributed by atoms with Gasteiger partial charge in [-0.05, 0) is 30.3 Å². The molecule has 0 aliphatic carbocycles. The first-order valence-electron chi connectivity index (χ1n) is 5.86. The molecule has 0 aliphatic heterocycles. The van der Waals surface area contributed by atoms with Crippen LogP contribution in [-0.2, 0) is 0 Å². The molecule has 0 saturated heterocycles. The second-order valence-corrected chi connectivity index (χ2v) is 4.21. The third kappa shape index (κ3) is 2.81. The van der Waals surface area contributed by atoms with E-state index >= 15 is 0 Å². The number of ketones is 1. The molecule has 2 aromatic rings. The summed E-state index contributed by atoms with van der Waals surface area (Å²) in [6, 6.07) is 7.39. The van der Waals surface area contributed by atoms with Gasteiger partial charge in [0.05, 0.1) is 12.0 Å². The number of nitro benzene ring substituents is 1. The molecule has 0 unspecified atom stereocenters. The summed E-state index contributed by atoms with van der Waals surface area (Å²) >= 11 is 0. The van der Waals surface area contributed by atoms with Gasteiger partial charge >= 0.3 is 0 Å². The lowest BCUT2D eigenvalue weighted by Crippen LogP contribution is -2.04. The number of hydrogen-bond donors (Lipinski definition) is 1. The van der Waals surface area contributed by atoms with Crippen molar-refractivity contribution in [1.29, 1.82) is 0 Å². The molecule has 0 heterocycles. The molecule has 7 heteroatoms. The molecular weight excluding hydrogens is 279 g/mol. The van der Waals surface area contributed by atoms with Gasteiger partial charge in [0.25, 0.3) is 5.69 Å². The van der Waals surface area contributed by atoms with Gasteiger partial charge in [0.2, 0.25) is 0 Å². The van der Waals surface area contributed by atoms with Gasteiger partial charge < -0.3 is 10.5 Å². The van der Waals surface area contributed by atoms with Crippen LogP contribution in [0.1, 0.15) is 15.9 Å². The van der Waals surface area contributed by atoms with E-state index in [1.807, 2.05) is 0 Å². The van der Waals surface area contributed by atoms with E-state index in [4.69, 9.17) is 10.5 Å². The van der Waals surface area contributed by atoms with Gasteiger partial charge in [0.1, 0.15) is 5.69 Å². The number of rotatable bonds is 4. The van der Waals surface area contributed by atoms with Gasteiger partial charge in [0, 0.05) is 17.2 Å². The Morgan fingerprint density at radius 1 is 1.24 bits per heavy atom. The summed E-state index contributed by atoms with van der Waals surface area (Å²) in [5.74, 6) is -1.13. The zero-order chi connectivity index (χ0) is 15.6. The molecule has 0 radical (unpaired) electrons. The third-order valence-electron chi connectivity index (χ3n) is 2.90. The predicted octanol–water partition coefficient (Wildman–Crippen LogP) is 2.56. The van der Waals surface area contributed by atoms with Crippen LogP contribution in [0.3, 0.4) is 0 Å². The van der Waals surface area contributed by atoms with Gasteiger partial charge in [-0.1, -0.05) is 0 Å². The zero-order valence-corrected chi connectivity index (χ0v) is 11.0. The summed E-state index contributed by atoms with van der Waals surface area (Å²) in [5, 5.41) is 10.7. The Morgan fingerprint density at radius 2 is 1.86 bits per heavy atom. The molecule has 21 heavy (non-hydrogen) atoms. The van der Waals surface area contributed by atoms with Gasteiger partial charge in [-0.15, -0.1) is 0 Å². The summed E-state index contributed by atoms with van der Waals surface area (Å²) in [7, 11) is 1.32. The number of nitrogens with zero attached hydrogens (tertiary/aromatic N) is 1. The minimum Gasteiger partial charge on any atom is -0.494 e. The molecule has 0 amide bonds. The summed E-state index contributed by atoms with van der Waals surface area (Å²) < 4.78 is 18.3. The van der Waals surface area contributed by atoms with Crippen LogP contribution in [0.25, 0.3) is 0 Å². The minimum absolute atomic E-state index is 0.0229. The first kappa shape index (κ1) is 14.4. The van der Waals surface area contributed by atoms with Crippen molar-refractivity contribution in [3.8, 4) is 5.75 Å². The molecule has 0 aliphatic rings. The average molecular weight is 290 g/mol. The number of anilines is 1. The molecule has 0 bridgehead atoms. The SMILES string of the molecule is COc1ccc(C(=O)c2ccc([N+](=O)[O-])c(N)c2)cc1F. The van der Waals surface area contributed by atoms with Crippen LogP contribution in [-0.4, -0.2) is 17.8 Å². The maximum Gasteiger partial charge on any atom is 0.292 e. The zero-order valence-electron chi connectivity index (χ0n) is 11.0. The van der Waals surface area contributed by atoms with Crippen molar-refractivity contribution in [1.82, 2.24) is 0 Å². The number of hydrogen-bond acceptors (Lipinski definition) is 5. The lowest BCUT2D eigenvalue weighted by molar-refractivity contribution is -0.383. The monoisotopic (exact) mass is 290 g/mol. The predicted molar refractivity (Wildman–Crippen MR) is 73.9 cm³/mol. The average Bonchev–Trinajstić information content (AvgIpc) is 2.45. The molecule has 2 N–H and O–H groups in total. The standard InChI is InChI=1S/C14H11FN2O4/c1-21-13-5-3-8(6-10(13)15)14(18)9-2-4-12(17(19)20)11(16)7-9/h2-7H,16H2,1H3. The van der Waals surface area contributed by atoms with Gasteiger partial charge in [-0.3, -0.25) is 14.9 Å². The number of ether oxygens (including phenoxy) is 1. The maximum atomic E-state index is 13.6. The molecule has 0 spiro atoms. The second kappa shape index (κ2) is 5.58. The Morgan fingerprint density at radius 3 is 2.38 bits per heavy atom. The van der Waals surface area contributed by atoms with Gasteiger partial charge in [-0.25, -0.2) is 4.39 Å². The van der Waals surface area contributed by atoms with E-state index in [2.05, 4.69) is 0 Å². The van der Waals surface area contributed by atoms with E-state index < -0.39 is 16.5 Å². The number of halogens is 1. The minimum atomic E-state index is -0.668. The summed E-state index contributed by atoms with van der Waals surface area (Å²) in [6.07, 6.45) is 0. The van der Waals surface area contributed by atoms with Crippen LogP contribution in [0.15, 0.2) is 36.4 Å². The van der Waals surface area contributed by atoms with Crippen LogP contribution in [0, 0.1) is 15.9 Å². The highest BCUT2D eigenvalue weighted by atomic mass is 19.1. The summed E-state index contributed by atoms with van der Waals surface area (Å²) in [5.41, 5.74) is 5.36. The van der Waals surface area contributed by atoms with E-state index in [0.29, 0.717) is 0 Å². The molecule has 0 fully saturated rings. The second-order valence-electron chi connectivity index (χ2n) is 4.21. The van der Waals surface area contributed by atoms with Crippen LogP contribution in [0.5, 0.6) is 5.75 Å². The molecule has 2 rings (SSSR count). The van der Waals surface area contributed by atoms with Crippen molar-refractivity contribution in [2.24, 2.45) is 0 Å². The van der Waals surface area contributed by atoms with Crippen molar-refractivity contribution >= 4 is 17.2 Å². The molecule has 0 atom stereocenters. The van der Waals surface area contributed by atoms with Crippen molar-refractivity contribution in [3.05, 3.63) is 63.5 Å². The quantitative estimate of drug-likeness (QED) is 0.404. The molecular formula is C14H11FN2O4. The highest BCUT2D eigenvalue weighted by molar-refractivity contribution is 6.09. The fourth-order valence-electron chi connectivity index (χ4n) is 1.84. The Bertz CT molecular complexity index is 731. The smallest absolute Gasteiger partial charge is 0.292 e. The first-order valence-corrected chi connectivity index (χ1v) is 5.86. The number of nitrogen functional groups attached to an aromatic ring is 1. The summed E-state index contributed by atoms with van der Waals surface area (Å²) in [4.78, 5) is 22.2. The largest absolute Gasteiger partial charge is 0.494 e. The Hall–Kier alpha value is -2.96. The Labute approximate surface area is 119 Å². The maximum absolute atomic E-state index is 13.6. The van der Waals surface area contributed by atoms with Crippen LogP contribution in [0.4, 0.5) is 15.8 Å². The molecule has 6 nitrogen and oxygen atoms in total. The van der Waals surface area contributed by atoms with Crippen LogP contribution in [0.2, 0.25) is 0 Å². The number of nitrogens with two attached hydrogens (primary N) is 1. The van der Waals surface area contributed by atoms with Gasteiger partial charge in [0.15, 0.2) is 17.3 Å². The van der Waals surface area contributed by atoms with E-state index in [1.165, 1.54) is 31.4 Å². The highest BCUT2D eigenvalue weighted by Gasteiger charge is 2.17. The first-order chi connectivity index (χ1) is 9.93. The summed E-state index contributed by atoms with van der Waals surface area (Å²) in [6.45, 7) is 0. The number of nitro groups is 1.